The second kappa shape index (κ2) is 12.7. The number of methoxy groups -OCH3 is 1. The Morgan fingerprint density at radius 3 is 2.14 bits per heavy atom. The fraction of sp³-hybridized carbons (Fsp3) is 0.317. The number of hydrogen-bond acceptors (Lipinski definition) is 6. The number of carbonyl (C=O) groups excluding carboxylic acids is 1. The van der Waals surface area contributed by atoms with Gasteiger partial charge in [0, 0.05) is 24.6 Å². The largest absolute Gasteiger partial charge is 0.476 e. The summed E-state index contributed by atoms with van der Waals surface area (Å²) >= 11 is 0. The molecule has 2 heterocycles. The van der Waals surface area contributed by atoms with Crippen LogP contribution in [0.25, 0.3) is 0 Å². The highest BCUT2D eigenvalue weighted by molar-refractivity contribution is 7.90. The molecule has 0 spiro atoms. The Kier molecular flexibility index (Phi) is 8.26. The molecule has 4 aromatic carbocycles. The molecule has 1 aliphatic heterocycles. The number of hydrogen-bond donors (Lipinski definition) is 2. The second-order valence-corrected chi connectivity index (χ2v) is 16.5. The van der Waals surface area contributed by atoms with E-state index in [9.17, 15) is 4.78 Å². The van der Waals surface area contributed by atoms with Crippen molar-refractivity contribution in [2.45, 2.75) is 69.0 Å². The highest BCUT2D eigenvalue weighted by atomic mass is 32.2. The van der Waals surface area contributed by atoms with Crippen molar-refractivity contribution in [1.29, 1.82) is 4.78 Å². The Morgan fingerprint density at radius 1 is 0.941 bits per heavy atom. The minimum Gasteiger partial charge on any atom is -0.476 e. The number of benzene rings is 4. The minimum absolute atomic E-state index is 0.00654. The second-order valence-electron chi connectivity index (χ2n) is 14.6. The van der Waals surface area contributed by atoms with Crippen LogP contribution in [0.1, 0.15) is 59.2 Å². The van der Waals surface area contributed by atoms with Crippen LogP contribution in [0.3, 0.4) is 0 Å². The standard InChI is InChI=1S/C41H43N5O4S/c1-40(2)26-45-38(50-27-40)36(25-43-45)51(42,48)46(39(47)44-37-34-21-13-14-28(34)22-29-23-33(49-3)24-35(29)37)41(30-15-7-4-8-16-30,31-17-9-5-10-18-31)32-19-11-6-12-20-32/h4-12,15-20,22,25,33,42H,13-14,21,23-24,26-27H2,1-3H3,(H,44,47). The number of rotatable bonds is 8. The number of amides is 2. The maximum atomic E-state index is 15.9. The molecule has 2 unspecified atom stereocenters. The lowest BCUT2D eigenvalue weighted by Crippen LogP contribution is -2.55. The average molecular weight is 702 g/mol. The number of urea groups is 1. The van der Waals surface area contributed by atoms with E-state index in [2.05, 4.69) is 30.3 Å². The molecule has 5 aromatic rings. The normalized spacial score (nSPS) is 18.5. The van der Waals surface area contributed by atoms with Gasteiger partial charge in [0.1, 0.15) is 10.4 Å². The van der Waals surface area contributed by atoms with Crippen LogP contribution in [-0.2, 0) is 52.4 Å². The van der Waals surface area contributed by atoms with Crippen LogP contribution >= 0.6 is 0 Å². The van der Waals surface area contributed by atoms with Crippen LogP contribution in [0.2, 0.25) is 0 Å². The lowest BCUT2D eigenvalue weighted by atomic mass is 9.77. The summed E-state index contributed by atoms with van der Waals surface area (Å²) in [6.07, 6.45) is 5.62. The van der Waals surface area contributed by atoms with Crippen LogP contribution in [0.15, 0.2) is 108 Å². The smallest absolute Gasteiger partial charge is 0.336 e. The van der Waals surface area contributed by atoms with E-state index in [-0.39, 0.29) is 22.3 Å². The summed E-state index contributed by atoms with van der Waals surface area (Å²) in [6.45, 7) is 5.03. The maximum Gasteiger partial charge on any atom is 0.336 e. The molecule has 1 aromatic heterocycles. The lowest BCUT2D eigenvalue weighted by Gasteiger charge is -2.45. The highest BCUT2D eigenvalue weighted by Crippen LogP contribution is 2.48. The monoisotopic (exact) mass is 701 g/mol. The van der Waals surface area contributed by atoms with Gasteiger partial charge in [0.05, 0.1) is 25.5 Å². The first kappa shape index (κ1) is 33.2. The molecule has 0 saturated carbocycles. The molecule has 0 bridgehead atoms. The number of carbonyl (C=O) groups is 1. The highest BCUT2D eigenvalue weighted by Gasteiger charge is 2.52. The summed E-state index contributed by atoms with van der Waals surface area (Å²) in [7, 11) is -2.49. The lowest BCUT2D eigenvalue weighted by molar-refractivity contribution is 0.0970. The van der Waals surface area contributed by atoms with E-state index in [1.54, 1.807) is 11.8 Å². The molecule has 2 amide bonds. The molecule has 3 aliphatic rings. The number of aromatic nitrogens is 2. The molecule has 0 radical (unpaired) electrons. The molecule has 262 valence electrons. The van der Waals surface area contributed by atoms with E-state index in [4.69, 9.17) is 9.47 Å². The van der Waals surface area contributed by atoms with Gasteiger partial charge in [-0.3, -0.25) is 0 Å². The van der Waals surface area contributed by atoms with Crippen LogP contribution in [0, 0.1) is 10.2 Å². The van der Waals surface area contributed by atoms with Crippen molar-refractivity contribution in [2.24, 2.45) is 5.41 Å². The fourth-order valence-corrected chi connectivity index (χ4v) is 10.0. The van der Waals surface area contributed by atoms with Gasteiger partial charge < -0.3 is 14.8 Å². The van der Waals surface area contributed by atoms with Gasteiger partial charge in [-0.15, -0.1) is 0 Å². The predicted octanol–water partition coefficient (Wildman–Crippen LogP) is 7.75. The fourth-order valence-electron chi connectivity index (χ4n) is 8.26. The predicted molar refractivity (Wildman–Crippen MR) is 197 cm³/mol. The van der Waals surface area contributed by atoms with Gasteiger partial charge in [-0.1, -0.05) is 111 Å². The van der Waals surface area contributed by atoms with Crippen molar-refractivity contribution in [3.63, 3.8) is 0 Å². The van der Waals surface area contributed by atoms with Crippen LogP contribution in [0.4, 0.5) is 10.5 Å². The zero-order chi connectivity index (χ0) is 35.4. The van der Waals surface area contributed by atoms with Crippen LogP contribution in [0.5, 0.6) is 5.88 Å². The Hall–Kier alpha value is -4.93. The first-order chi connectivity index (χ1) is 24.6. The molecule has 10 heteroatoms. The minimum atomic E-state index is -4.21. The molecule has 0 saturated heterocycles. The molecule has 8 rings (SSSR count). The summed E-state index contributed by atoms with van der Waals surface area (Å²) in [5.74, 6) is 0.250. The van der Waals surface area contributed by atoms with Gasteiger partial charge in [-0.25, -0.2) is 22.8 Å². The van der Waals surface area contributed by atoms with Crippen molar-refractivity contribution < 1.29 is 18.5 Å². The molecule has 2 atom stereocenters. The molecular weight excluding hydrogens is 659 g/mol. The third-order valence-electron chi connectivity index (χ3n) is 10.6. The number of fused-ring (bicyclic) bond motifs is 3. The molecular formula is C41H43N5O4S. The van der Waals surface area contributed by atoms with E-state index in [1.807, 2.05) is 91.0 Å². The number of nitrogens with zero attached hydrogens (tertiary/aromatic N) is 3. The third kappa shape index (κ3) is 5.52. The van der Waals surface area contributed by atoms with Crippen LogP contribution in [-0.4, -0.2) is 44.1 Å². The first-order valence-corrected chi connectivity index (χ1v) is 19.1. The Morgan fingerprint density at radius 2 is 1.55 bits per heavy atom. The van der Waals surface area contributed by atoms with Gasteiger partial charge >= 0.3 is 6.03 Å². The van der Waals surface area contributed by atoms with Gasteiger partial charge in [0.25, 0.3) is 0 Å². The van der Waals surface area contributed by atoms with Gasteiger partial charge in [-0.2, -0.15) is 5.10 Å². The molecule has 2 N–H and O–H groups in total. The van der Waals surface area contributed by atoms with Crippen molar-refractivity contribution >= 4 is 21.6 Å². The van der Waals surface area contributed by atoms with Crippen LogP contribution < -0.4 is 10.1 Å². The molecule has 2 aliphatic carbocycles. The number of ether oxygens (including phenoxy) is 2. The van der Waals surface area contributed by atoms with E-state index in [1.165, 1.54) is 16.1 Å². The quantitative estimate of drug-likeness (QED) is 0.161. The topological polar surface area (TPSA) is 110 Å². The zero-order valence-electron chi connectivity index (χ0n) is 29.2. The van der Waals surface area contributed by atoms with Crippen molar-refractivity contribution in [2.75, 3.05) is 19.0 Å². The van der Waals surface area contributed by atoms with Crippen molar-refractivity contribution in [3.8, 4) is 5.88 Å². The average Bonchev–Trinajstić information content (AvgIpc) is 3.89. The summed E-state index contributed by atoms with van der Waals surface area (Å²) in [5, 5.41) is 7.90. The summed E-state index contributed by atoms with van der Waals surface area (Å²) in [4.78, 5) is 15.7. The third-order valence-corrected chi connectivity index (χ3v) is 12.4. The van der Waals surface area contributed by atoms with Gasteiger partial charge in [-0.05, 0) is 64.6 Å². The summed E-state index contributed by atoms with van der Waals surface area (Å²) in [5.41, 5.74) is 5.61. The van der Waals surface area contributed by atoms with E-state index in [0.29, 0.717) is 36.3 Å². The molecule has 9 nitrogen and oxygen atoms in total. The zero-order valence-corrected chi connectivity index (χ0v) is 30.0. The number of aryl methyl sites for hydroxylation is 1. The summed E-state index contributed by atoms with van der Waals surface area (Å²) in [6, 6.07) is 30.4. The molecule has 51 heavy (non-hydrogen) atoms. The Labute approximate surface area is 299 Å². The van der Waals surface area contributed by atoms with E-state index in [0.717, 1.165) is 48.1 Å². The van der Waals surface area contributed by atoms with Gasteiger partial charge in [0.2, 0.25) is 5.88 Å². The Bertz CT molecular complexity index is 2100. The van der Waals surface area contributed by atoms with E-state index < -0.39 is 21.5 Å². The summed E-state index contributed by atoms with van der Waals surface area (Å²) < 4.78 is 41.0. The van der Waals surface area contributed by atoms with Gasteiger partial charge in [0.15, 0.2) is 9.92 Å². The number of anilines is 1. The van der Waals surface area contributed by atoms with Crippen molar-refractivity contribution in [3.05, 3.63) is 142 Å². The molecule has 0 fully saturated rings. The SMILES string of the molecule is COC1Cc2cc3c(c(NC(=O)N(C(c4ccccc4)(c4ccccc4)c4ccccc4)S(=N)(=O)c4cnn5c4OCC(C)(C)C5)c2C1)CCC3. The maximum absolute atomic E-state index is 15.9. The Balaban J connectivity index is 1.40. The van der Waals surface area contributed by atoms with Crippen molar-refractivity contribution in [1.82, 2.24) is 14.1 Å². The number of nitrogens with one attached hydrogen (secondary N) is 2. The first-order valence-electron chi connectivity index (χ1n) is 17.6. The van der Waals surface area contributed by atoms with E-state index >= 15 is 9.00 Å².